The molecule has 1 saturated heterocycles. The SMILES string of the molecule is CN1C(=O)N(CC(=O)N(CCc2ccccc2)Cc2ccccc2)C(=O)C12CCCCC2. The molecule has 4 rings (SSSR count). The third-order valence-electron chi connectivity index (χ3n) is 6.86. The van der Waals surface area contributed by atoms with Crippen molar-refractivity contribution in [2.24, 2.45) is 0 Å². The van der Waals surface area contributed by atoms with E-state index in [0.29, 0.717) is 32.4 Å². The van der Waals surface area contributed by atoms with Gasteiger partial charge in [0.1, 0.15) is 12.1 Å². The molecule has 2 aromatic carbocycles. The van der Waals surface area contributed by atoms with Gasteiger partial charge in [0.15, 0.2) is 0 Å². The van der Waals surface area contributed by atoms with Gasteiger partial charge in [-0.2, -0.15) is 0 Å². The van der Waals surface area contributed by atoms with Gasteiger partial charge in [0.05, 0.1) is 0 Å². The number of amides is 4. The van der Waals surface area contributed by atoms with Gasteiger partial charge in [0.25, 0.3) is 5.91 Å². The number of rotatable bonds is 7. The van der Waals surface area contributed by atoms with Gasteiger partial charge in [-0.1, -0.05) is 79.9 Å². The summed E-state index contributed by atoms with van der Waals surface area (Å²) in [5.74, 6) is -0.409. The molecule has 6 nitrogen and oxygen atoms in total. The molecule has 2 fully saturated rings. The number of carbonyl (C=O) groups excluding carboxylic acids is 3. The van der Waals surface area contributed by atoms with Crippen molar-refractivity contribution >= 4 is 17.8 Å². The van der Waals surface area contributed by atoms with Gasteiger partial charge in [-0.15, -0.1) is 0 Å². The number of hydrogen-bond donors (Lipinski definition) is 0. The van der Waals surface area contributed by atoms with Crippen LogP contribution in [0.3, 0.4) is 0 Å². The molecule has 1 aliphatic carbocycles. The minimum absolute atomic E-state index is 0.201. The maximum absolute atomic E-state index is 13.4. The molecular formula is C26H31N3O3. The number of imide groups is 1. The Balaban J connectivity index is 1.49. The van der Waals surface area contributed by atoms with E-state index in [9.17, 15) is 14.4 Å². The normalized spacial score (nSPS) is 17.8. The predicted molar refractivity (Wildman–Crippen MR) is 123 cm³/mol. The number of benzene rings is 2. The molecule has 1 heterocycles. The second kappa shape index (κ2) is 9.55. The van der Waals surface area contributed by atoms with E-state index in [1.54, 1.807) is 16.8 Å². The average molecular weight is 434 g/mol. The van der Waals surface area contributed by atoms with E-state index in [-0.39, 0.29) is 24.4 Å². The predicted octanol–water partition coefficient (Wildman–Crippen LogP) is 3.85. The first-order valence-corrected chi connectivity index (χ1v) is 11.5. The first-order valence-electron chi connectivity index (χ1n) is 11.5. The smallest absolute Gasteiger partial charge is 0.327 e. The number of nitrogens with zero attached hydrogens (tertiary/aromatic N) is 3. The highest BCUT2D eigenvalue weighted by molar-refractivity contribution is 6.08. The molecule has 0 atom stereocenters. The summed E-state index contributed by atoms with van der Waals surface area (Å²) >= 11 is 0. The maximum Gasteiger partial charge on any atom is 0.327 e. The summed E-state index contributed by atoms with van der Waals surface area (Å²) in [6.45, 7) is 0.768. The van der Waals surface area contributed by atoms with Gasteiger partial charge in [0, 0.05) is 20.1 Å². The van der Waals surface area contributed by atoms with Crippen molar-refractivity contribution in [1.82, 2.24) is 14.7 Å². The fourth-order valence-corrected chi connectivity index (χ4v) is 4.91. The summed E-state index contributed by atoms with van der Waals surface area (Å²) in [7, 11) is 1.70. The van der Waals surface area contributed by atoms with E-state index in [0.717, 1.165) is 30.4 Å². The molecule has 1 saturated carbocycles. The highest BCUT2D eigenvalue weighted by Gasteiger charge is 2.55. The molecule has 0 bridgehead atoms. The summed E-state index contributed by atoms with van der Waals surface area (Å²) in [6.07, 6.45) is 5.02. The summed E-state index contributed by atoms with van der Waals surface area (Å²) in [5.41, 5.74) is 1.41. The first kappa shape index (κ1) is 22.1. The fraction of sp³-hybridized carbons (Fsp3) is 0.423. The zero-order chi connectivity index (χ0) is 22.6. The van der Waals surface area contributed by atoms with Crippen LogP contribution in [-0.2, 0) is 22.6 Å². The summed E-state index contributed by atoms with van der Waals surface area (Å²) < 4.78 is 0. The van der Waals surface area contributed by atoms with Crippen molar-refractivity contribution < 1.29 is 14.4 Å². The Morgan fingerprint density at radius 2 is 1.50 bits per heavy atom. The zero-order valence-electron chi connectivity index (χ0n) is 18.7. The second-order valence-electron chi connectivity index (χ2n) is 8.86. The molecule has 32 heavy (non-hydrogen) atoms. The molecule has 4 amide bonds. The number of carbonyl (C=O) groups is 3. The number of likely N-dealkylation sites (N-methyl/N-ethyl adjacent to an activating group) is 1. The van der Waals surface area contributed by atoms with Gasteiger partial charge in [-0.3, -0.25) is 14.5 Å². The quantitative estimate of drug-likeness (QED) is 0.623. The lowest BCUT2D eigenvalue weighted by molar-refractivity contribution is -0.140. The summed E-state index contributed by atoms with van der Waals surface area (Å²) in [4.78, 5) is 44.1. The molecule has 168 valence electrons. The lowest BCUT2D eigenvalue weighted by Crippen LogP contribution is -2.49. The van der Waals surface area contributed by atoms with Crippen LogP contribution in [0.4, 0.5) is 4.79 Å². The van der Waals surface area contributed by atoms with Crippen molar-refractivity contribution in [1.29, 1.82) is 0 Å². The van der Waals surface area contributed by atoms with Crippen LogP contribution in [0.5, 0.6) is 0 Å². The third-order valence-corrected chi connectivity index (χ3v) is 6.86. The van der Waals surface area contributed by atoms with Crippen LogP contribution in [0.25, 0.3) is 0 Å². The van der Waals surface area contributed by atoms with Crippen molar-refractivity contribution in [2.45, 2.75) is 50.6 Å². The lowest BCUT2D eigenvalue weighted by Gasteiger charge is -2.35. The van der Waals surface area contributed by atoms with Crippen LogP contribution in [0.15, 0.2) is 60.7 Å². The van der Waals surface area contributed by atoms with Crippen molar-refractivity contribution in [3.63, 3.8) is 0 Å². The molecule has 2 aliphatic rings. The van der Waals surface area contributed by atoms with Crippen LogP contribution in [-0.4, -0.2) is 58.2 Å². The average Bonchev–Trinajstić information content (AvgIpc) is 2.99. The Kier molecular flexibility index (Phi) is 6.58. The van der Waals surface area contributed by atoms with Crippen LogP contribution < -0.4 is 0 Å². The molecular weight excluding hydrogens is 402 g/mol. The van der Waals surface area contributed by atoms with E-state index in [1.165, 1.54) is 4.90 Å². The molecule has 1 spiro atoms. The van der Waals surface area contributed by atoms with E-state index in [4.69, 9.17) is 0 Å². The van der Waals surface area contributed by atoms with Gasteiger partial charge in [-0.05, 0) is 30.4 Å². The van der Waals surface area contributed by atoms with E-state index in [1.807, 2.05) is 60.7 Å². The Bertz CT molecular complexity index is 955. The standard InChI is InChI=1S/C26H31N3O3/c1-27-25(32)29(24(31)26(27)16-9-4-10-17-26)20-23(30)28(19-22-13-7-3-8-14-22)18-15-21-11-5-2-6-12-21/h2-3,5-8,11-14H,4,9-10,15-20H2,1H3. The van der Waals surface area contributed by atoms with Crippen molar-refractivity contribution in [3.8, 4) is 0 Å². The highest BCUT2D eigenvalue weighted by atomic mass is 16.2. The second-order valence-corrected chi connectivity index (χ2v) is 8.86. The molecule has 6 heteroatoms. The molecule has 0 unspecified atom stereocenters. The van der Waals surface area contributed by atoms with E-state index in [2.05, 4.69) is 0 Å². The molecule has 0 N–H and O–H groups in total. The minimum Gasteiger partial charge on any atom is -0.336 e. The summed E-state index contributed by atoms with van der Waals surface area (Å²) in [6, 6.07) is 19.5. The molecule has 0 aromatic heterocycles. The van der Waals surface area contributed by atoms with Crippen LogP contribution in [0, 0.1) is 0 Å². The number of hydrogen-bond acceptors (Lipinski definition) is 3. The van der Waals surface area contributed by atoms with Gasteiger partial charge in [-0.25, -0.2) is 4.79 Å². The minimum atomic E-state index is -0.760. The van der Waals surface area contributed by atoms with E-state index >= 15 is 0 Å². The van der Waals surface area contributed by atoms with Gasteiger partial charge >= 0.3 is 6.03 Å². The first-order chi connectivity index (χ1) is 15.5. The number of urea groups is 1. The van der Waals surface area contributed by atoms with Crippen LogP contribution in [0.2, 0.25) is 0 Å². The molecule has 2 aromatic rings. The van der Waals surface area contributed by atoms with Crippen molar-refractivity contribution in [2.75, 3.05) is 20.1 Å². The zero-order valence-corrected chi connectivity index (χ0v) is 18.7. The maximum atomic E-state index is 13.4. The fourth-order valence-electron chi connectivity index (χ4n) is 4.91. The van der Waals surface area contributed by atoms with Gasteiger partial charge < -0.3 is 9.80 Å². The van der Waals surface area contributed by atoms with Crippen LogP contribution >= 0.6 is 0 Å². The largest absolute Gasteiger partial charge is 0.336 e. The van der Waals surface area contributed by atoms with Gasteiger partial charge in [0.2, 0.25) is 5.91 Å². The lowest BCUT2D eigenvalue weighted by atomic mass is 9.81. The van der Waals surface area contributed by atoms with E-state index < -0.39 is 5.54 Å². The summed E-state index contributed by atoms with van der Waals surface area (Å²) in [5, 5.41) is 0. The Hall–Kier alpha value is -3.15. The Labute approximate surface area is 189 Å². The molecule has 1 aliphatic heterocycles. The molecule has 0 radical (unpaired) electrons. The Morgan fingerprint density at radius 1 is 0.906 bits per heavy atom. The third kappa shape index (κ3) is 4.40. The Morgan fingerprint density at radius 3 is 2.12 bits per heavy atom. The highest BCUT2D eigenvalue weighted by Crippen LogP contribution is 2.39. The monoisotopic (exact) mass is 433 g/mol. The van der Waals surface area contributed by atoms with Crippen molar-refractivity contribution in [3.05, 3.63) is 71.8 Å². The topological polar surface area (TPSA) is 60.9 Å². The van der Waals surface area contributed by atoms with Crippen LogP contribution in [0.1, 0.15) is 43.2 Å².